The van der Waals surface area contributed by atoms with E-state index in [4.69, 9.17) is 4.74 Å². The van der Waals surface area contributed by atoms with Gasteiger partial charge in [-0.3, -0.25) is 4.79 Å². The lowest BCUT2D eigenvalue weighted by atomic mass is 10.1. The third-order valence-electron chi connectivity index (χ3n) is 2.90. The molecule has 0 saturated carbocycles. The number of rotatable bonds is 5. The molecule has 2 aromatic carbocycles. The second kappa shape index (κ2) is 7.29. The Morgan fingerprint density at radius 1 is 0.950 bits per heavy atom. The van der Waals surface area contributed by atoms with Crippen LogP contribution in [-0.2, 0) is 16.0 Å². The number of esters is 1. The van der Waals surface area contributed by atoms with Gasteiger partial charge in [-0.1, -0.05) is 66.7 Å². The number of benzene rings is 2. The van der Waals surface area contributed by atoms with E-state index in [0.29, 0.717) is 13.0 Å². The van der Waals surface area contributed by atoms with Crippen LogP contribution in [-0.4, -0.2) is 12.6 Å². The van der Waals surface area contributed by atoms with Gasteiger partial charge in [0.15, 0.2) is 0 Å². The molecule has 0 radical (unpaired) electrons. The fourth-order valence-electron chi connectivity index (χ4n) is 1.88. The summed E-state index contributed by atoms with van der Waals surface area (Å²) >= 11 is 0. The van der Waals surface area contributed by atoms with Crippen molar-refractivity contribution in [3.05, 3.63) is 71.3 Å². The van der Waals surface area contributed by atoms with Crippen LogP contribution in [0.25, 0.3) is 12.2 Å². The van der Waals surface area contributed by atoms with Crippen LogP contribution in [0.4, 0.5) is 0 Å². The van der Waals surface area contributed by atoms with Crippen molar-refractivity contribution in [1.82, 2.24) is 0 Å². The Morgan fingerprint density at radius 2 is 1.55 bits per heavy atom. The maximum atomic E-state index is 11.4. The minimum atomic E-state index is -0.180. The predicted octanol–water partition coefficient (Wildman–Crippen LogP) is 3.96. The Labute approximate surface area is 119 Å². The first-order chi connectivity index (χ1) is 9.78. The largest absolute Gasteiger partial charge is 0.466 e. The number of carbonyl (C=O) groups excluding carboxylic acids is 1. The normalized spacial score (nSPS) is 10.7. The van der Waals surface area contributed by atoms with Gasteiger partial charge in [-0.15, -0.1) is 0 Å². The van der Waals surface area contributed by atoms with Gasteiger partial charge in [0.2, 0.25) is 0 Å². The van der Waals surface area contributed by atoms with Crippen molar-refractivity contribution < 1.29 is 9.53 Å². The Kier molecular flexibility index (Phi) is 5.13. The molecular weight excluding hydrogens is 248 g/mol. The minimum absolute atomic E-state index is 0.180. The molecule has 0 saturated heterocycles. The van der Waals surface area contributed by atoms with Crippen LogP contribution in [0, 0.1) is 0 Å². The molecule has 0 spiro atoms. The lowest BCUT2D eigenvalue weighted by Gasteiger charge is -2.02. The van der Waals surface area contributed by atoms with Crippen LogP contribution in [0.2, 0.25) is 0 Å². The van der Waals surface area contributed by atoms with Gasteiger partial charge in [0.05, 0.1) is 13.0 Å². The van der Waals surface area contributed by atoms with Crippen LogP contribution in [0.1, 0.15) is 23.6 Å². The van der Waals surface area contributed by atoms with Gasteiger partial charge in [0.1, 0.15) is 0 Å². The molecule has 0 heterocycles. The van der Waals surface area contributed by atoms with Crippen molar-refractivity contribution in [2.24, 2.45) is 0 Å². The third-order valence-corrected chi connectivity index (χ3v) is 2.90. The number of hydrogen-bond acceptors (Lipinski definition) is 2. The maximum absolute atomic E-state index is 11.4. The highest BCUT2D eigenvalue weighted by Gasteiger charge is 2.02. The summed E-state index contributed by atoms with van der Waals surface area (Å²) in [6, 6.07) is 18.1. The van der Waals surface area contributed by atoms with Crippen molar-refractivity contribution in [2.45, 2.75) is 13.3 Å². The van der Waals surface area contributed by atoms with Crippen LogP contribution in [0.15, 0.2) is 54.6 Å². The Morgan fingerprint density at radius 3 is 2.15 bits per heavy atom. The zero-order valence-electron chi connectivity index (χ0n) is 11.6. The zero-order chi connectivity index (χ0) is 14.2. The van der Waals surface area contributed by atoms with E-state index in [2.05, 4.69) is 24.3 Å². The van der Waals surface area contributed by atoms with Gasteiger partial charge in [-0.25, -0.2) is 0 Å². The second-order valence-corrected chi connectivity index (χ2v) is 4.47. The first-order valence-corrected chi connectivity index (χ1v) is 6.75. The number of hydrogen-bond donors (Lipinski definition) is 0. The van der Waals surface area contributed by atoms with E-state index in [1.807, 2.05) is 49.4 Å². The monoisotopic (exact) mass is 266 g/mol. The molecule has 0 atom stereocenters. The molecule has 2 aromatic rings. The van der Waals surface area contributed by atoms with Crippen molar-refractivity contribution in [3.8, 4) is 0 Å². The van der Waals surface area contributed by atoms with Gasteiger partial charge < -0.3 is 4.74 Å². The molecular formula is C18H18O2. The van der Waals surface area contributed by atoms with Gasteiger partial charge in [-0.2, -0.15) is 0 Å². The van der Waals surface area contributed by atoms with E-state index in [1.165, 1.54) is 5.56 Å². The standard InChI is InChI=1S/C18H18O2/c1-2-20-18(19)14-17-12-10-16(11-13-17)9-8-15-6-4-3-5-7-15/h3-13H,2,14H2,1H3/b9-8+. The average Bonchev–Trinajstić information content (AvgIpc) is 2.48. The summed E-state index contributed by atoms with van der Waals surface area (Å²) in [5, 5.41) is 0. The predicted molar refractivity (Wildman–Crippen MR) is 82.1 cm³/mol. The van der Waals surface area contributed by atoms with Crippen molar-refractivity contribution >= 4 is 18.1 Å². The minimum Gasteiger partial charge on any atom is -0.466 e. The molecule has 0 N–H and O–H groups in total. The molecule has 2 nitrogen and oxygen atoms in total. The summed E-state index contributed by atoms with van der Waals surface area (Å²) in [5.74, 6) is -0.180. The van der Waals surface area contributed by atoms with E-state index in [-0.39, 0.29) is 5.97 Å². The number of ether oxygens (including phenoxy) is 1. The molecule has 0 unspecified atom stereocenters. The van der Waals surface area contributed by atoms with E-state index in [0.717, 1.165) is 11.1 Å². The van der Waals surface area contributed by atoms with Crippen LogP contribution in [0.5, 0.6) is 0 Å². The first-order valence-electron chi connectivity index (χ1n) is 6.75. The molecule has 102 valence electrons. The molecule has 0 aliphatic heterocycles. The Balaban J connectivity index is 1.98. The Bertz CT molecular complexity index is 568. The third kappa shape index (κ3) is 4.39. The highest BCUT2D eigenvalue weighted by Crippen LogP contribution is 2.10. The van der Waals surface area contributed by atoms with Gasteiger partial charge in [-0.05, 0) is 23.6 Å². The molecule has 0 aliphatic carbocycles. The molecule has 0 fully saturated rings. The summed E-state index contributed by atoms with van der Waals surface area (Å²) in [6.07, 6.45) is 4.46. The number of carbonyl (C=O) groups is 1. The molecule has 0 bridgehead atoms. The molecule has 0 amide bonds. The molecule has 0 aliphatic rings. The fraction of sp³-hybridized carbons (Fsp3) is 0.167. The fourth-order valence-corrected chi connectivity index (χ4v) is 1.88. The molecule has 2 rings (SSSR count). The molecule has 2 heteroatoms. The summed E-state index contributed by atoms with van der Waals surface area (Å²) < 4.78 is 4.93. The smallest absolute Gasteiger partial charge is 0.310 e. The van der Waals surface area contributed by atoms with Crippen molar-refractivity contribution in [3.63, 3.8) is 0 Å². The van der Waals surface area contributed by atoms with Gasteiger partial charge in [0.25, 0.3) is 0 Å². The summed E-state index contributed by atoms with van der Waals surface area (Å²) in [7, 11) is 0. The highest BCUT2D eigenvalue weighted by molar-refractivity contribution is 5.73. The summed E-state index contributed by atoms with van der Waals surface area (Å²) in [5.41, 5.74) is 3.25. The Hall–Kier alpha value is -2.35. The maximum Gasteiger partial charge on any atom is 0.310 e. The first kappa shape index (κ1) is 14.1. The topological polar surface area (TPSA) is 26.3 Å². The van der Waals surface area contributed by atoms with Crippen molar-refractivity contribution in [2.75, 3.05) is 6.61 Å². The second-order valence-electron chi connectivity index (χ2n) is 4.47. The van der Waals surface area contributed by atoms with Gasteiger partial charge in [0, 0.05) is 0 Å². The van der Waals surface area contributed by atoms with E-state index < -0.39 is 0 Å². The lowest BCUT2D eigenvalue weighted by molar-refractivity contribution is -0.142. The van der Waals surface area contributed by atoms with Crippen LogP contribution < -0.4 is 0 Å². The van der Waals surface area contributed by atoms with E-state index in [1.54, 1.807) is 0 Å². The lowest BCUT2D eigenvalue weighted by Crippen LogP contribution is -2.07. The highest BCUT2D eigenvalue weighted by atomic mass is 16.5. The van der Waals surface area contributed by atoms with Gasteiger partial charge >= 0.3 is 5.97 Å². The SMILES string of the molecule is CCOC(=O)Cc1ccc(/C=C/c2ccccc2)cc1. The molecule has 20 heavy (non-hydrogen) atoms. The quantitative estimate of drug-likeness (QED) is 0.605. The zero-order valence-corrected chi connectivity index (χ0v) is 11.6. The summed E-state index contributed by atoms with van der Waals surface area (Å²) in [6.45, 7) is 2.24. The summed E-state index contributed by atoms with van der Waals surface area (Å²) in [4.78, 5) is 11.4. The van der Waals surface area contributed by atoms with E-state index >= 15 is 0 Å². The van der Waals surface area contributed by atoms with Crippen molar-refractivity contribution in [1.29, 1.82) is 0 Å². The van der Waals surface area contributed by atoms with Crippen LogP contribution >= 0.6 is 0 Å². The average molecular weight is 266 g/mol. The van der Waals surface area contributed by atoms with Crippen LogP contribution in [0.3, 0.4) is 0 Å². The molecule has 0 aromatic heterocycles. The van der Waals surface area contributed by atoms with E-state index in [9.17, 15) is 4.79 Å².